The Balaban J connectivity index is 1.91. The average Bonchev–Trinajstić information content (AvgIpc) is 3.03. The molecular weight excluding hydrogens is 320 g/mol. The molecule has 0 aliphatic rings. The van der Waals surface area contributed by atoms with Crippen LogP contribution in [0.5, 0.6) is 0 Å². The van der Waals surface area contributed by atoms with Crippen LogP contribution in [0.25, 0.3) is 16.7 Å². The van der Waals surface area contributed by atoms with Gasteiger partial charge >= 0.3 is 0 Å². The summed E-state index contributed by atoms with van der Waals surface area (Å²) in [5, 5.41) is 3.10. The maximum Gasteiger partial charge on any atom is 0.252 e. The summed E-state index contributed by atoms with van der Waals surface area (Å²) in [5.74, 6) is -0.596. The van der Waals surface area contributed by atoms with Gasteiger partial charge in [-0.1, -0.05) is 30.3 Å². The van der Waals surface area contributed by atoms with Crippen molar-refractivity contribution in [1.29, 1.82) is 0 Å². The number of rotatable bonds is 7. The van der Waals surface area contributed by atoms with Gasteiger partial charge in [-0.15, -0.1) is 0 Å². The molecule has 0 aliphatic carbocycles. The van der Waals surface area contributed by atoms with Crippen LogP contribution in [0.1, 0.15) is 11.3 Å². The molecule has 0 saturated carbocycles. The fraction of sp³-hybridized carbons (Fsp3) is 0.176. The maximum absolute atomic E-state index is 11.9. The molecule has 1 aromatic carbocycles. The number of hydrogen-bond donors (Lipinski definition) is 2. The number of nitrogens with zero attached hydrogens (tertiary/aromatic N) is 4. The number of nitrogens with two attached hydrogens (primary N) is 1. The van der Waals surface area contributed by atoms with Gasteiger partial charge in [-0.05, 0) is 5.56 Å². The Morgan fingerprint density at radius 1 is 1.28 bits per heavy atom. The van der Waals surface area contributed by atoms with E-state index in [4.69, 9.17) is 10.5 Å². The molecule has 0 radical (unpaired) electrons. The minimum Gasteiger partial charge on any atom is -0.386 e. The van der Waals surface area contributed by atoms with Crippen LogP contribution in [0.3, 0.4) is 0 Å². The number of amides is 1. The number of carbonyl (C=O) groups excluding carboxylic acids is 1. The van der Waals surface area contributed by atoms with Crippen molar-refractivity contribution in [2.24, 2.45) is 5.73 Å². The standard InChI is InChI=1S/C17H18N6O2/c1-25-11-23-10-22-15-14(20-9-21-17(15)23)13(16(18)24)8-19-7-12-5-3-2-4-6-12/h2-6,8-10,19H,7,11H2,1H3,(H2,18,24)/b13-8-. The summed E-state index contributed by atoms with van der Waals surface area (Å²) in [6.45, 7) is 0.860. The first-order valence-corrected chi connectivity index (χ1v) is 7.63. The van der Waals surface area contributed by atoms with Gasteiger partial charge in [0.15, 0.2) is 5.65 Å². The Morgan fingerprint density at radius 3 is 2.80 bits per heavy atom. The molecule has 8 nitrogen and oxygen atoms in total. The molecule has 0 spiro atoms. The Morgan fingerprint density at radius 2 is 2.08 bits per heavy atom. The van der Waals surface area contributed by atoms with Crippen LogP contribution in [0, 0.1) is 0 Å². The van der Waals surface area contributed by atoms with E-state index in [9.17, 15) is 4.79 Å². The largest absolute Gasteiger partial charge is 0.386 e. The van der Waals surface area contributed by atoms with E-state index in [-0.39, 0.29) is 5.57 Å². The Hall–Kier alpha value is -3.26. The number of imidazole rings is 1. The highest BCUT2D eigenvalue weighted by Crippen LogP contribution is 2.20. The molecule has 0 aliphatic heterocycles. The number of nitrogens with one attached hydrogen (secondary N) is 1. The number of methoxy groups -OCH3 is 1. The highest BCUT2D eigenvalue weighted by molar-refractivity contribution is 6.20. The fourth-order valence-electron chi connectivity index (χ4n) is 2.43. The van der Waals surface area contributed by atoms with Crippen LogP contribution in [-0.2, 0) is 22.8 Å². The van der Waals surface area contributed by atoms with Gasteiger partial charge < -0.3 is 15.8 Å². The van der Waals surface area contributed by atoms with Crippen molar-refractivity contribution in [2.45, 2.75) is 13.3 Å². The zero-order chi connectivity index (χ0) is 17.6. The Kier molecular flexibility index (Phi) is 5.00. The lowest BCUT2D eigenvalue weighted by molar-refractivity contribution is -0.112. The first-order chi connectivity index (χ1) is 12.2. The first kappa shape index (κ1) is 16.6. The molecule has 2 heterocycles. The second-order valence-corrected chi connectivity index (χ2v) is 5.32. The van der Waals surface area contributed by atoms with Crippen molar-refractivity contribution in [3.05, 3.63) is 60.4 Å². The van der Waals surface area contributed by atoms with Crippen molar-refractivity contribution >= 4 is 22.6 Å². The van der Waals surface area contributed by atoms with E-state index in [0.29, 0.717) is 30.1 Å². The number of fused-ring (bicyclic) bond motifs is 1. The molecule has 25 heavy (non-hydrogen) atoms. The maximum atomic E-state index is 11.9. The third-order valence-electron chi connectivity index (χ3n) is 3.59. The van der Waals surface area contributed by atoms with Gasteiger partial charge in [0.1, 0.15) is 24.3 Å². The molecule has 1 amide bonds. The summed E-state index contributed by atoms with van der Waals surface area (Å²) in [6, 6.07) is 9.82. The molecule has 0 atom stereocenters. The van der Waals surface area contributed by atoms with Gasteiger partial charge in [-0.3, -0.25) is 9.36 Å². The highest BCUT2D eigenvalue weighted by Gasteiger charge is 2.17. The van der Waals surface area contributed by atoms with Gasteiger partial charge in [-0.25, -0.2) is 15.0 Å². The van der Waals surface area contributed by atoms with Crippen molar-refractivity contribution in [3.8, 4) is 0 Å². The minimum atomic E-state index is -0.596. The second-order valence-electron chi connectivity index (χ2n) is 5.32. The predicted molar refractivity (Wildman–Crippen MR) is 92.8 cm³/mol. The Bertz CT molecular complexity index is 904. The summed E-state index contributed by atoms with van der Waals surface area (Å²) in [6.07, 6.45) is 4.52. The van der Waals surface area contributed by atoms with Crippen LogP contribution < -0.4 is 11.1 Å². The monoisotopic (exact) mass is 338 g/mol. The van der Waals surface area contributed by atoms with Crippen LogP contribution in [-0.4, -0.2) is 32.5 Å². The quantitative estimate of drug-likeness (QED) is 0.623. The fourth-order valence-corrected chi connectivity index (χ4v) is 2.43. The van der Waals surface area contributed by atoms with E-state index >= 15 is 0 Å². The van der Waals surface area contributed by atoms with Crippen LogP contribution in [0.4, 0.5) is 0 Å². The topological polar surface area (TPSA) is 108 Å². The van der Waals surface area contributed by atoms with Crippen molar-refractivity contribution in [1.82, 2.24) is 24.8 Å². The SMILES string of the molecule is COCn1cnc2c(/C(=C/NCc3ccccc3)C(N)=O)ncnc21. The number of aromatic nitrogens is 4. The number of primary amides is 1. The molecule has 3 aromatic rings. The molecule has 128 valence electrons. The predicted octanol–water partition coefficient (Wildman–Crippen LogP) is 1.05. The third-order valence-corrected chi connectivity index (χ3v) is 3.59. The second kappa shape index (κ2) is 7.54. The summed E-state index contributed by atoms with van der Waals surface area (Å²) in [5.41, 5.74) is 8.31. The van der Waals surface area contributed by atoms with E-state index in [2.05, 4.69) is 20.3 Å². The molecule has 3 rings (SSSR count). The smallest absolute Gasteiger partial charge is 0.252 e. The molecule has 0 saturated heterocycles. The first-order valence-electron chi connectivity index (χ1n) is 7.63. The average molecular weight is 338 g/mol. The summed E-state index contributed by atoms with van der Waals surface area (Å²) < 4.78 is 6.82. The van der Waals surface area contributed by atoms with Gasteiger partial charge in [-0.2, -0.15) is 0 Å². The molecule has 0 unspecified atom stereocenters. The van der Waals surface area contributed by atoms with Gasteiger partial charge in [0.05, 0.1) is 11.9 Å². The zero-order valence-electron chi connectivity index (χ0n) is 13.7. The number of benzene rings is 1. The van der Waals surface area contributed by atoms with E-state index in [1.165, 1.54) is 6.33 Å². The highest BCUT2D eigenvalue weighted by atomic mass is 16.5. The zero-order valence-corrected chi connectivity index (χ0v) is 13.7. The van der Waals surface area contributed by atoms with Crippen molar-refractivity contribution < 1.29 is 9.53 Å². The molecule has 3 N–H and O–H groups in total. The number of hydrogen-bond acceptors (Lipinski definition) is 6. The Labute approximate surface area is 144 Å². The number of carbonyl (C=O) groups is 1. The normalized spacial score (nSPS) is 11.6. The van der Waals surface area contributed by atoms with Crippen molar-refractivity contribution in [2.75, 3.05) is 7.11 Å². The van der Waals surface area contributed by atoms with E-state index < -0.39 is 5.91 Å². The minimum absolute atomic E-state index is 0.242. The van der Waals surface area contributed by atoms with Crippen LogP contribution in [0.15, 0.2) is 49.2 Å². The lowest BCUT2D eigenvalue weighted by atomic mass is 10.1. The van der Waals surface area contributed by atoms with Gasteiger partial charge in [0.2, 0.25) is 0 Å². The van der Waals surface area contributed by atoms with Gasteiger partial charge in [0, 0.05) is 19.9 Å². The lowest BCUT2D eigenvalue weighted by Crippen LogP contribution is -2.17. The van der Waals surface area contributed by atoms with E-state index in [0.717, 1.165) is 5.56 Å². The summed E-state index contributed by atoms with van der Waals surface area (Å²) >= 11 is 0. The molecule has 0 bridgehead atoms. The third kappa shape index (κ3) is 3.64. The van der Waals surface area contributed by atoms with E-state index in [1.807, 2.05) is 30.3 Å². The summed E-state index contributed by atoms with van der Waals surface area (Å²) in [7, 11) is 1.58. The van der Waals surface area contributed by atoms with Gasteiger partial charge in [0.25, 0.3) is 5.91 Å². The molecule has 2 aromatic heterocycles. The van der Waals surface area contributed by atoms with Crippen molar-refractivity contribution in [3.63, 3.8) is 0 Å². The molecular formula is C17H18N6O2. The molecule has 0 fully saturated rings. The summed E-state index contributed by atoms with van der Waals surface area (Å²) in [4.78, 5) is 24.6. The van der Waals surface area contributed by atoms with Crippen LogP contribution >= 0.6 is 0 Å². The lowest BCUT2D eigenvalue weighted by Gasteiger charge is -2.07. The van der Waals surface area contributed by atoms with E-state index in [1.54, 1.807) is 24.2 Å². The van der Waals surface area contributed by atoms with Crippen LogP contribution in [0.2, 0.25) is 0 Å². The molecule has 8 heteroatoms. The number of ether oxygens (including phenoxy) is 1.